The zero-order chi connectivity index (χ0) is 14.0. The van der Waals surface area contributed by atoms with Gasteiger partial charge in [-0.1, -0.05) is 58.8 Å². The maximum absolute atomic E-state index is 6.33. The lowest BCUT2D eigenvalue weighted by Gasteiger charge is -2.40. The Morgan fingerprint density at radius 2 is 1.89 bits per heavy atom. The first-order valence-corrected chi connectivity index (χ1v) is 8.51. The molecule has 2 unspecified atom stereocenters. The quantitative estimate of drug-likeness (QED) is 0.588. The van der Waals surface area contributed by atoms with E-state index in [2.05, 4.69) is 26.2 Å². The number of ether oxygens (including phenoxy) is 1. The van der Waals surface area contributed by atoms with Crippen molar-refractivity contribution >= 4 is 0 Å². The lowest BCUT2D eigenvalue weighted by molar-refractivity contribution is -0.0794. The predicted octanol–water partition coefficient (Wildman–Crippen LogP) is 4.53. The van der Waals surface area contributed by atoms with Crippen LogP contribution in [0.15, 0.2) is 0 Å². The van der Waals surface area contributed by atoms with E-state index in [9.17, 15) is 0 Å². The lowest BCUT2D eigenvalue weighted by atomic mass is 9.78. The highest BCUT2D eigenvalue weighted by Gasteiger charge is 2.34. The maximum atomic E-state index is 6.33. The molecule has 1 rings (SSSR count). The van der Waals surface area contributed by atoms with Crippen LogP contribution in [0.4, 0.5) is 0 Å². The van der Waals surface area contributed by atoms with E-state index in [0.717, 1.165) is 19.1 Å². The van der Waals surface area contributed by atoms with Gasteiger partial charge in [-0.15, -0.1) is 0 Å². The van der Waals surface area contributed by atoms with Crippen LogP contribution >= 0.6 is 0 Å². The Hall–Kier alpha value is -0.0800. The predicted molar refractivity (Wildman–Crippen MR) is 83.6 cm³/mol. The highest BCUT2D eigenvalue weighted by Crippen LogP contribution is 2.35. The van der Waals surface area contributed by atoms with Gasteiger partial charge < -0.3 is 10.1 Å². The second-order valence-corrected chi connectivity index (χ2v) is 6.53. The van der Waals surface area contributed by atoms with Crippen LogP contribution in [0.1, 0.15) is 78.1 Å². The van der Waals surface area contributed by atoms with Crippen molar-refractivity contribution in [1.82, 2.24) is 5.32 Å². The first kappa shape index (κ1) is 17.0. The molecule has 1 fully saturated rings. The van der Waals surface area contributed by atoms with Crippen molar-refractivity contribution in [2.75, 3.05) is 20.2 Å². The second-order valence-electron chi connectivity index (χ2n) is 6.53. The van der Waals surface area contributed by atoms with Crippen molar-refractivity contribution in [3.8, 4) is 0 Å². The number of hydrogen-bond acceptors (Lipinski definition) is 2. The molecule has 0 spiro atoms. The van der Waals surface area contributed by atoms with Crippen LogP contribution in [0.2, 0.25) is 0 Å². The van der Waals surface area contributed by atoms with Gasteiger partial charge in [-0.25, -0.2) is 0 Å². The molecule has 0 heterocycles. The normalized spacial score (nSPS) is 27.6. The molecule has 1 aliphatic carbocycles. The van der Waals surface area contributed by atoms with Crippen LogP contribution in [0.25, 0.3) is 0 Å². The summed E-state index contributed by atoms with van der Waals surface area (Å²) in [7, 11) is 2.05. The Bertz CT molecular complexity index is 215. The number of hydrogen-bond donors (Lipinski definition) is 1. The summed E-state index contributed by atoms with van der Waals surface area (Å²) in [4.78, 5) is 0. The van der Waals surface area contributed by atoms with E-state index < -0.39 is 0 Å². The van der Waals surface area contributed by atoms with E-state index in [-0.39, 0.29) is 5.60 Å². The molecule has 0 amide bonds. The van der Waals surface area contributed by atoms with Crippen LogP contribution in [0.3, 0.4) is 0 Å². The standard InChI is InChI=1S/C17H35NO/c1-4-5-6-7-8-9-13-19-17(15-18-3)12-10-11-16(2)14-17/h16,18H,4-15H2,1-3H3. The molecule has 2 atom stereocenters. The molecule has 0 aliphatic heterocycles. The van der Waals surface area contributed by atoms with Crippen molar-refractivity contribution in [2.24, 2.45) is 5.92 Å². The van der Waals surface area contributed by atoms with Crippen molar-refractivity contribution in [1.29, 1.82) is 0 Å². The molecule has 1 saturated carbocycles. The molecule has 2 nitrogen and oxygen atoms in total. The lowest BCUT2D eigenvalue weighted by Crippen LogP contribution is -2.45. The second kappa shape index (κ2) is 9.77. The molecular formula is C17H35NO. The molecule has 0 aromatic carbocycles. The fourth-order valence-corrected chi connectivity index (χ4v) is 3.45. The minimum Gasteiger partial charge on any atom is -0.374 e. The van der Waals surface area contributed by atoms with Gasteiger partial charge in [-0.2, -0.15) is 0 Å². The molecule has 114 valence electrons. The summed E-state index contributed by atoms with van der Waals surface area (Å²) in [6, 6.07) is 0. The molecule has 0 aromatic rings. The Morgan fingerprint density at radius 1 is 1.16 bits per heavy atom. The summed E-state index contributed by atoms with van der Waals surface area (Å²) in [6.07, 6.45) is 13.3. The SMILES string of the molecule is CCCCCCCCOC1(CNC)CCCC(C)C1. The first-order chi connectivity index (χ1) is 9.22. The van der Waals surface area contributed by atoms with E-state index >= 15 is 0 Å². The van der Waals surface area contributed by atoms with Gasteiger partial charge in [0.2, 0.25) is 0 Å². The van der Waals surface area contributed by atoms with E-state index in [4.69, 9.17) is 4.74 Å². The number of likely N-dealkylation sites (N-methyl/N-ethyl adjacent to an activating group) is 1. The van der Waals surface area contributed by atoms with E-state index in [1.807, 2.05) is 0 Å². The molecule has 0 saturated heterocycles. The smallest absolute Gasteiger partial charge is 0.0808 e. The van der Waals surface area contributed by atoms with Gasteiger partial charge in [-0.05, 0) is 32.2 Å². The minimum absolute atomic E-state index is 0.135. The molecule has 0 radical (unpaired) electrons. The minimum atomic E-state index is 0.135. The molecule has 1 N–H and O–H groups in total. The van der Waals surface area contributed by atoms with Crippen LogP contribution in [-0.4, -0.2) is 25.8 Å². The number of unbranched alkanes of at least 4 members (excludes halogenated alkanes) is 5. The summed E-state index contributed by atoms with van der Waals surface area (Å²) in [5.41, 5.74) is 0.135. The topological polar surface area (TPSA) is 21.3 Å². The fraction of sp³-hybridized carbons (Fsp3) is 1.00. The van der Waals surface area contributed by atoms with Crippen LogP contribution < -0.4 is 5.32 Å². The summed E-state index contributed by atoms with van der Waals surface area (Å²) < 4.78 is 6.33. The summed E-state index contributed by atoms with van der Waals surface area (Å²) >= 11 is 0. The van der Waals surface area contributed by atoms with Gasteiger partial charge in [0.15, 0.2) is 0 Å². The zero-order valence-electron chi connectivity index (χ0n) is 13.5. The van der Waals surface area contributed by atoms with Crippen LogP contribution in [0.5, 0.6) is 0 Å². The number of nitrogens with one attached hydrogen (secondary N) is 1. The molecule has 2 heteroatoms. The Morgan fingerprint density at radius 3 is 2.58 bits per heavy atom. The van der Waals surface area contributed by atoms with Gasteiger partial charge in [0.05, 0.1) is 5.60 Å². The fourth-order valence-electron chi connectivity index (χ4n) is 3.45. The third-order valence-corrected chi connectivity index (χ3v) is 4.45. The highest BCUT2D eigenvalue weighted by molar-refractivity contribution is 4.88. The monoisotopic (exact) mass is 269 g/mol. The average molecular weight is 269 g/mol. The van der Waals surface area contributed by atoms with Crippen molar-refractivity contribution < 1.29 is 4.74 Å². The molecule has 1 aliphatic rings. The maximum Gasteiger partial charge on any atom is 0.0808 e. The van der Waals surface area contributed by atoms with Crippen LogP contribution in [-0.2, 0) is 4.74 Å². The van der Waals surface area contributed by atoms with Gasteiger partial charge in [0.1, 0.15) is 0 Å². The Kier molecular flexibility index (Phi) is 8.72. The van der Waals surface area contributed by atoms with Gasteiger partial charge >= 0.3 is 0 Å². The van der Waals surface area contributed by atoms with E-state index in [0.29, 0.717) is 0 Å². The molecule has 0 aromatic heterocycles. The van der Waals surface area contributed by atoms with Gasteiger partial charge in [-0.3, -0.25) is 0 Å². The third-order valence-electron chi connectivity index (χ3n) is 4.45. The largest absolute Gasteiger partial charge is 0.374 e. The van der Waals surface area contributed by atoms with Crippen molar-refractivity contribution in [3.05, 3.63) is 0 Å². The van der Waals surface area contributed by atoms with Gasteiger partial charge in [0, 0.05) is 13.2 Å². The molecule has 0 bridgehead atoms. The number of rotatable bonds is 10. The average Bonchev–Trinajstić information content (AvgIpc) is 2.38. The summed E-state index contributed by atoms with van der Waals surface area (Å²) in [6.45, 7) is 6.63. The van der Waals surface area contributed by atoms with E-state index in [1.54, 1.807) is 0 Å². The van der Waals surface area contributed by atoms with E-state index in [1.165, 1.54) is 64.2 Å². The summed E-state index contributed by atoms with van der Waals surface area (Å²) in [5.74, 6) is 0.826. The highest BCUT2D eigenvalue weighted by atomic mass is 16.5. The Balaban J connectivity index is 2.18. The Labute approximate surface area is 120 Å². The van der Waals surface area contributed by atoms with Crippen molar-refractivity contribution in [3.63, 3.8) is 0 Å². The van der Waals surface area contributed by atoms with Crippen LogP contribution in [0, 0.1) is 5.92 Å². The molecule has 19 heavy (non-hydrogen) atoms. The zero-order valence-corrected chi connectivity index (χ0v) is 13.5. The first-order valence-electron chi connectivity index (χ1n) is 8.51. The van der Waals surface area contributed by atoms with Gasteiger partial charge in [0.25, 0.3) is 0 Å². The van der Waals surface area contributed by atoms with Crippen molar-refractivity contribution in [2.45, 2.75) is 83.7 Å². The third kappa shape index (κ3) is 6.76. The molecular weight excluding hydrogens is 234 g/mol. The summed E-state index contributed by atoms with van der Waals surface area (Å²) in [5, 5.41) is 3.34.